The van der Waals surface area contributed by atoms with E-state index in [-0.39, 0.29) is 11.8 Å². The van der Waals surface area contributed by atoms with Crippen molar-refractivity contribution in [3.05, 3.63) is 69.8 Å². The van der Waals surface area contributed by atoms with Gasteiger partial charge in [-0.15, -0.1) is 0 Å². The van der Waals surface area contributed by atoms with Crippen LogP contribution >= 0.6 is 0 Å². The zero-order chi connectivity index (χ0) is 21.7. The predicted octanol–water partition coefficient (Wildman–Crippen LogP) is 5.75. The molecule has 158 valence electrons. The molecule has 0 bridgehead atoms. The van der Waals surface area contributed by atoms with E-state index in [4.69, 9.17) is 4.74 Å². The first kappa shape index (κ1) is 21.4. The molecule has 1 saturated heterocycles. The third-order valence-corrected chi connectivity index (χ3v) is 4.69. The number of nitrogens with zero attached hydrogens (tertiary/aromatic N) is 2. The van der Waals surface area contributed by atoms with E-state index in [9.17, 15) is 14.9 Å². The fourth-order valence-electron chi connectivity index (χ4n) is 3.28. The van der Waals surface area contributed by atoms with Crippen LogP contribution in [0.25, 0.3) is 6.08 Å². The number of likely N-dealkylation sites (tertiary alicyclic amines) is 1. The molecule has 1 aliphatic rings. The molecule has 1 amide bonds. The molecule has 2 aromatic carbocycles. The molecule has 2 aromatic rings. The van der Waals surface area contributed by atoms with Crippen molar-refractivity contribution < 1.29 is 14.5 Å². The van der Waals surface area contributed by atoms with Crippen LogP contribution in [0.4, 0.5) is 21.9 Å². The van der Waals surface area contributed by atoms with Crippen LogP contribution in [0.15, 0.2) is 54.1 Å². The van der Waals surface area contributed by atoms with E-state index in [2.05, 4.69) is 11.4 Å². The van der Waals surface area contributed by atoms with Crippen LogP contribution in [0, 0.1) is 10.1 Å². The van der Waals surface area contributed by atoms with E-state index < -0.39 is 10.5 Å². The first-order valence-electron chi connectivity index (χ1n) is 9.99. The number of piperidine rings is 1. The van der Waals surface area contributed by atoms with Gasteiger partial charge in [0.2, 0.25) is 0 Å². The topological polar surface area (TPSA) is 84.7 Å². The van der Waals surface area contributed by atoms with E-state index >= 15 is 0 Å². The Bertz CT molecular complexity index is 953. The first-order chi connectivity index (χ1) is 14.2. The molecule has 30 heavy (non-hydrogen) atoms. The van der Waals surface area contributed by atoms with Gasteiger partial charge in [0.05, 0.1) is 4.92 Å². The maximum atomic E-state index is 12.2. The summed E-state index contributed by atoms with van der Waals surface area (Å²) in [7, 11) is 0. The monoisotopic (exact) mass is 409 g/mol. The molecular weight excluding hydrogens is 382 g/mol. The molecule has 1 fully saturated rings. The van der Waals surface area contributed by atoms with Crippen LogP contribution in [0.5, 0.6) is 0 Å². The lowest BCUT2D eigenvalue weighted by atomic mass is 10.0. The number of anilines is 2. The highest BCUT2D eigenvalue weighted by molar-refractivity contribution is 5.71. The normalized spacial score (nSPS) is 14.2. The van der Waals surface area contributed by atoms with E-state index in [1.54, 1.807) is 23.1 Å². The highest BCUT2D eigenvalue weighted by Crippen LogP contribution is 2.28. The lowest BCUT2D eigenvalue weighted by Crippen LogP contribution is -2.40. The van der Waals surface area contributed by atoms with Crippen LogP contribution < -0.4 is 5.32 Å². The number of benzene rings is 2. The molecule has 0 aliphatic carbocycles. The molecule has 1 aliphatic heterocycles. The Morgan fingerprint density at radius 1 is 1.13 bits per heavy atom. The van der Waals surface area contributed by atoms with Gasteiger partial charge in [0.1, 0.15) is 11.3 Å². The van der Waals surface area contributed by atoms with Gasteiger partial charge in [-0.05, 0) is 57.4 Å². The lowest BCUT2D eigenvalue weighted by Gasteiger charge is -2.31. The zero-order valence-corrected chi connectivity index (χ0v) is 17.6. The van der Waals surface area contributed by atoms with Crippen molar-refractivity contribution in [2.75, 3.05) is 18.4 Å². The summed E-state index contributed by atoms with van der Waals surface area (Å²) in [4.78, 5) is 24.8. The van der Waals surface area contributed by atoms with Gasteiger partial charge in [0, 0.05) is 24.8 Å². The van der Waals surface area contributed by atoms with Gasteiger partial charge in [0.25, 0.3) is 5.69 Å². The largest absolute Gasteiger partial charge is 0.444 e. The maximum Gasteiger partial charge on any atom is 0.410 e. The molecule has 0 atom stereocenters. The number of ether oxygens (including phenoxy) is 1. The Kier molecular flexibility index (Phi) is 6.40. The van der Waals surface area contributed by atoms with Crippen LogP contribution in [-0.4, -0.2) is 34.6 Å². The maximum absolute atomic E-state index is 12.2. The zero-order valence-electron chi connectivity index (χ0n) is 17.6. The Hall–Kier alpha value is -3.35. The molecule has 0 unspecified atom stereocenters. The Labute approximate surface area is 176 Å². The summed E-state index contributed by atoms with van der Waals surface area (Å²) >= 11 is 0. The summed E-state index contributed by atoms with van der Waals surface area (Å²) in [5.41, 5.74) is 3.06. The third-order valence-electron chi connectivity index (χ3n) is 4.69. The fraction of sp³-hybridized carbons (Fsp3) is 0.348. The standard InChI is InChI=1S/C23H27N3O4/c1-23(2,3)30-22(27)25-13-11-17(12-14-25)15-18-7-6-8-19(16-18)24-20-9-4-5-10-21(20)26(28)29/h4-10,15-16,24H,11-14H2,1-3H3. The molecule has 1 N–H and O–H groups in total. The van der Waals surface area contributed by atoms with Crippen molar-refractivity contribution in [3.8, 4) is 0 Å². The highest BCUT2D eigenvalue weighted by atomic mass is 16.6. The predicted molar refractivity (Wildman–Crippen MR) is 118 cm³/mol. The molecule has 1 heterocycles. The van der Waals surface area contributed by atoms with Gasteiger partial charge < -0.3 is 15.0 Å². The number of nitrogens with one attached hydrogen (secondary N) is 1. The van der Waals surface area contributed by atoms with E-state index in [0.717, 1.165) is 24.1 Å². The van der Waals surface area contributed by atoms with Gasteiger partial charge in [0.15, 0.2) is 0 Å². The molecule has 0 radical (unpaired) electrons. The summed E-state index contributed by atoms with van der Waals surface area (Å²) in [5.74, 6) is 0. The quantitative estimate of drug-likeness (QED) is 0.513. The number of carbonyl (C=O) groups is 1. The van der Waals surface area contributed by atoms with Crippen LogP contribution in [0.2, 0.25) is 0 Å². The molecular formula is C23H27N3O4. The molecule has 3 rings (SSSR count). The SMILES string of the molecule is CC(C)(C)OC(=O)N1CCC(=Cc2cccc(Nc3ccccc3[N+](=O)[O-])c2)CC1. The number of nitro benzene ring substituents is 1. The second-order valence-electron chi connectivity index (χ2n) is 8.29. The smallest absolute Gasteiger partial charge is 0.410 e. The van der Waals surface area contributed by atoms with Crippen molar-refractivity contribution in [3.63, 3.8) is 0 Å². The number of carbonyl (C=O) groups excluding carboxylic acids is 1. The molecule has 7 heteroatoms. The average Bonchev–Trinajstić information content (AvgIpc) is 2.68. The van der Waals surface area contributed by atoms with Crippen molar-refractivity contribution in [1.82, 2.24) is 4.90 Å². The number of hydrogen-bond acceptors (Lipinski definition) is 5. The number of hydrogen-bond donors (Lipinski definition) is 1. The molecule has 7 nitrogen and oxygen atoms in total. The number of rotatable bonds is 4. The lowest BCUT2D eigenvalue weighted by molar-refractivity contribution is -0.383. The summed E-state index contributed by atoms with van der Waals surface area (Å²) in [5, 5.41) is 14.3. The Morgan fingerprint density at radius 3 is 2.50 bits per heavy atom. The average molecular weight is 409 g/mol. The van der Waals surface area contributed by atoms with Gasteiger partial charge in [-0.1, -0.05) is 35.9 Å². The number of nitro groups is 1. The second kappa shape index (κ2) is 8.98. The van der Waals surface area contributed by atoms with Crippen molar-refractivity contribution in [2.45, 2.75) is 39.2 Å². The summed E-state index contributed by atoms with van der Waals surface area (Å²) in [6, 6.07) is 14.3. The summed E-state index contributed by atoms with van der Waals surface area (Å²) in [6.07, 6.45) is 3.44. The highest BCUT2D eigenvalue weighted by Gasteiger charge is 2.24. The molecule has 0 aromatic heterocycles. The van der Waals surface area contributed by atoms with Gasteiger partial charge in [-0.3, -0.25) is 10.1 Å². The van der Waals surface area contributed by atoms with Crippen LogP contribution in [0.3, 0.4) is 0 Å². The Balaban J connectivity index is 1.66. The van der Waals surface area contributed by atoms with Gasteiger partial charge in [-0.2, -0.15) is 0 Å². The van der Waals surface area contributed by atoms with Crippen LogP contribution in [-0.2, 0) is 4.74 Å². The van der Waals surface area contributed by atoms with E-state index in [1.165, 1.54) is 11.6 Å². The van der Waals surface area contributed by atoms with Gasteiger partial charge in [-0.25, -0.2) is 4.79 Å². The number of amides is 1. The molecule has 0 spiro atoms. The summed E-state index contributed by atoms with van der Waals surface area (Å²) in [6.45, 7) is 6.87. The van der Waals surface area contributed by atoms with E-state index in [1.807, 2.05) is 45.0 Å². The van der Waals surface area contributed by atoms with Crippen molar-refractivity contribution >= 4 is 29.2 Å². The van der Waals surface area contributed by atoms with Crippen molar-refractivity contribution in [2.24, 2.45) is 0 Å². The van der Waals surface area contributed by atoms with Gasteiger partial charge >= 0.3 is 6.09 Å². The second-order valence-corrected chi connectivity index (χ2v) is 8.29. The van der Waals surface area contributed by atoms with E-state index in [0.29, 0.717) is 18.8 Å². The minimum atomic E-state index is -0.492. The fourth-order valence-corrected chi connectivity index (χ4v) is 3.28. The third kappa shape index (κ3) is 5.83. The summed E-state index contributed by atoms with van der Waals surface area (Å²) < 4.78 is 5.44. The van der Waals surface area contributed by atoms with Crippen LogP contribution in [0.1, 0.15) is 39.2 Å². The first-order valence-corrected chi connectivity index (χ1v) is 9.99. The molecule has 0 saturated carbocycles. The Morgan fingerprint density at radius 2 is 1.83 bits per heavy atom. The minimum Gasteiger partial charge on any atom is -0.444 e. The minimum absolute atomic E-state index is 0.0378. The number of para-hydroxylation sites is 2. The van der Waals surface area contributed by atoms with Crippen molar-refractivity contribution in [1.29, 1.82) is 0 Å².